The zero-order valence-corrected chi connectivity index (χ0v) is 12.2. The summed E-state index contributed by atoms with van der Waals surface area (Å²) in [5, 5.41) is 0. The van der Waals surface area contributed by atoms with Crippen LogP contribution in [0.1, 0.15) is 22.3 Å². The Morgan fingerprint density at radius 2 is 1.95 bits per heavy atom. The number of nitrogens with two attached hydrogens (primary N) is 1. The van der Waals surface area contributed by atoms with Crippen LogP contribution in [0.2, 0.25) is 0 Å². The lowest BCUT2D eigenvalue weighted by Gasteiger charge is -2.11. The Labute approximate surface area is 124 Å². The Bertz CT molecular complexity index is 698. The average Bonchev–Trinajstić information content (AvgIpc) is 2.45. The van der Waals surface area contributed by atoms with E-state index in [0.29, 0.717) is 12.2 Å². The van der Waals surface area contributed by atoms with Gasteiger partial charge in [0.1, 0.15) is 18.2 Å². The highest BCUT2D eigenvalue weighted by Crippen LogP contribution is 2.21. The summed E-state index contributed by atoms with van der Waals surface area (Å²) < 4.78 is 19.1. The lowest BCUT2D eigenvalue weighted by molar-refractivity contribution is 0.303. The molecule has 0 amide bonds. The van der Waals surface area contributed by atoms with Crippen LogP contribution in [0.15, 0.2) is 36.4 Å². The molecule has 2 rings (SSSR count). The number of benzene rings is 2. The molecule has 2 nitrogen and oxygen atoms in total. The van der Waals surface area contributed by atoms with E-state index in [2.05, 4.69) is 17.9 Å². The SMILES string of the molecule is Cc1ccc(OCc2ccc(F)cc2C#CCN)c(C)c1. The van der Waals surface area contributed by atoms with Gasteiger partial charge in [-0.3, -0.25) is 0 Å². The summed E-state index contributed by atoms with van der Waals surface area (Å²) in [5.41, 5.74) is 9.09. The third kappa shape index (κ3) is 4.08. The molecule has 2 aromatic rings. The van der Waals surface area contributed by atoms with Gasteiger partial charge < -0.3 is 10.5 Å². The summed E-state index contributed by atoms with van der Waals surface area (Å²) in [6.45, 7) is 4.63. The van der Waals surface area contributed by atoms with Crippen molar-refractivity contribution in [3.05, 3.63) is 64.5 Å². The molecule has 2 N–H and O–H groups in total. The van der Waals surface area contributed by atoms with Gasteiger partial charge in [0, 0.05) is 11.1 Å². The van der Waals surface area contributed by atoms with E-state index >= 15 is 0 Å². The van der Waals surface area contributed by atoms with Gasteiger partial charge in [-0.2, -0.15) is 0 Å². The molecule has 21 heavy (non-hydrogen) atoms. The minimum Gasteiger partial charge on any atom is -0.489 e. The first-order valence-electron chi connectivity index (χ1n) is 6.77. The lowest BCUT2D eigenvalue weighted by Crippen LogP contribution is -2.01. The van der Waals surface area contributed by atoms with E-state index in [9.17, 15) is 4.39 Å². The predicted molar refractivity (Wildman–Crippen MR) is 82.6 cm³/mol. The van der Waals surface area contributed by atoms with Crippen molar-refractivity contribution in [3.63, 3.8) is 0 Å². The van der Waals surface area contributed by atoms with Crippen LogP contribution in [0.5, 0.6) is 5.75 Å². The van der Waals surface area contributed by atoms with E-state index in [-0.39, 0.29) is 12.4 Å². The molecule has 0 heterocycles. The molecule has 0 aliphatic carbocycles. The second-order valence-electron chi connectivity index (χ2n) is 4.86. The van der Waals surface area contributed by atoms with E-state index < -0.39 is 0 Å². The minimum atomic E-state index is -0.313. The van der Waals surface area contributed by atoms with Gasteiger partial charge in [-0.15, -0.1) is 0 Å². The molecule has 0 spiro atoms. The topological polar surface area (TPSA) is 35.2 Å². The van der Waals surface area contributed by atoms with E-state index in [1.165, 1.54) is 17.7 Å². The molecule has 0 aromatic heterocycles. The molecule has 0 aliphatic rings. The molecule has 108 valence electrons. The molecule has 0 bridgehead atoms. The van der Waals surface area contributed by atoms with Crippen molar-refractivity contribution >= 4 is 0 Å². The van der Waals surface area contributed by atoms with Crippen LogP contribution in [-0.4, -0.2) is 6.54 Å². The molecule has 0 radical (unpaired) electrons. The second-order valence-corrected chi connectivity index (χ2v) is 4.86. The Balaban J connectivity index is 2.19. The Morgan fingerprint density at radius 1 is 1.14 bits per heavy atom. The van der Waals surface area contributed by atoms with Crippen LogP contribution in [0.4, 0.5) is 4.39 Å². The second kappa shape index (κ2) is 6.92. The Hall–Kier alpha value is -2.31. The van der Waals surface area contributed by atoms with Gasteiger partial charge in [-0.05, 0) is 37.6 Å². The maximum atomic E-state index is 13.3. The maximum absolute atomic E-state index is 13.3. The van der Waals surface area contributed by atoms with Crippen molar-refractivity contribution in [3.8, 4) is 17.6 Å². The molecule has 2 aromatic carbocycles. The zero-order chi connectivity index (χ0) is 15.2. The van der Waals surface area contributed by atoms with Crippen molar-refractivity contribution in [1.29, 1.82) is 0 Å². The zero-order valence-electron chi connectivity index (χ0n) is 12.2. The number of halogens is 1. The monoisotopic (exact) mass is 283 g/mol. The highest BCUT2D eigenvalue weighted by Gasteiger charge is 2.05. The van der Waals surface area contributed by atoms with E-state index in [1.807, 2.05) is 26.0 Å². The van der Waals surface area contributed by atoms with Gasteiger partial charge in [0.2, 0.25) is 0 Å². The molecular weight excluding hydrogens is 265 g/mol. The van der Waals surface area contributed by atoms with Crippen molar-refractivity contribution in [2.75, 3.05) is 6.54 Å². The summed E-state index contributed by atoms with van der Waals surface area (Å²) in [4.78, 5) is 0. The highest BCUT2D eigenvalue weighted by atomic mass is 19.1. The summed E-state index contributed by atoms with van der Waals surface area (Å²) in [7, 11) is 0. The van der Waals surface area contributed by atoms with Crippen molar-refractivity contribution in [2.45, 2.75) is 20.5 Å². The molecular formula is C18H18FNO. The van der Waals surface area contributed by atoms with Crippen molar-refractivity contribution < 1.29 is 9.13 Å². The molecule has 0 unspecified atom stereocenters. The Morgan fingerprint density at radius 3 is 2.67 bits per heavy atom. The Kier molecular flexibility index (Phi) is 4.97. The highest BCUT2D eigenvalue weighted by molar-refractivity contribution is 5.42. The quantitative estimate of drug-likeness (QED) is 0.877. The fourth-order valence-corrected chi connectivity index (χ4v) is 2.05. The van der Waals surface area contributed by atoms with Crippen LogP contribution in [0.3, 0.4) is 0 Å². The molecule has 0 atom stereocenters. The first-order chi connectivity index (χ1) is 10.1. The van der Waals surface area contributed by atoms with Crippen molar-refractivity contribution in [2.24, 2.45) is 5.73 Å². The van der Waals surface area contributed by atoms with Crippen LogP contribution in [-0.2, 0) is 6.61 Å². The van der Waals surface area contributed by atoms with E-state index in [4.69, 9.17) is 10.5 Å². The van der Waals surface area contributed by atoms with Gasteiger partial charge in [0.15, 0.2) is 0 Å². The fourth-order valence-electron chi connectivity index (χ4n) is 2.05. The van der Waals surface area contributed by atoms with Gasteiger partial charge in [-0.1, -0.05) is 35.6 Å². The maximum Gasteiger partial charge on any atom is 0.124 e. The number of hydrogen-bond acceptors (Lipinski definition) is 2. The molecule has 0 saturated carbocycles. The molecule has 0 fully saturated rings. The van der Waals surface area contributed by atoms with Crippen LogP contribution >= 0.6 is 0 Å². The van der Waals surface area contributed by atoms with Gasteiger partial charge in [0.05, 0.1) is 6.54 Å². The van der Waals surface area contributed by atoms with E-state index in [1.54, 1.807) is 6.07 Å². The van der Waals surface area contributed by atoms with Crippen molar-refractivity contribution in [1.82, 2.24) is 0 Å². The number of rotatable bonds is 3. The van der Waals surface area contributed by atoms with Crippen LogP contribution < -0.4 is 10.5 Å². The third-order valence-corrected chi connectivity index (χ3v) is 3.11. The van der Waals surface area contributed by atoms with E-state index in [0.717, 1.165) is 16.9 Å². The summed E-state index contributed by atoms with van der Waals surface area (Å²) in [6, 6.07) is 10.5. The third-order valence-electron chi connectivity index (χ3n) is 3.11. The average molecular weight is 283 g/mol. The first kappa shape index (κ1) is 15.1. The predicted octanol–water partition coefficient (Wildman–Crippen LogP) is 3.33. The van der Waals surface area contributed by atoms with Gasteiger partial charge >= 0.3 is 0 Å². The molecule has 0 aliphatic heterocycles. The largest absolute Gasteiger partial charge is 0.489 e. The summed E-state index contributed by atoms with van der Waals surface area (Å²) in [6.07, 6.45) is 0. The fraction of sp³-hybridized carbons (Fsp3) is 0.222. The van der Waals surface area contributed by atoms with Gasteiger partial charge in [-0.25, -0.2) is 4.39 Å². The van der Waals surface area contributed by atoms with Gasteiger partial charge in [0.25, 0.3) is 0 Å². The lowest BCUT2D eigenvalue weighted by atomic mass is 10.1. The summed E-state index contributed by atoms with van der Waals surface area (Å²) in [5.74, 6) is 6.13. The smallest absolute Gasteiger partial charge is 0.124 e. The number of aryl methyl sites for hydroxylation is 2. The minimum absolute atomic E-state index is 0.244. The van der Waals surface area contributed by atoms with Crippen LogP contribution in [0.25, 0.3) is 0 Å². The number of ether oxygens (including phenoxy) is 1. The summed E-state index contributed by atoms with van der Waals surface area (Å²) >= 11 is 0. The number of hydrogen-bond donors (Lipinski definition) is 1. The standard InChI is InChI=1S/C18H18FNO/c1-13-5-8-18(14(2)10-13)21-12-16-6-7-17(19)11-15(16)4-3-9-20/h5-8,10-11H,9,12,20H2,1-2H3. The first-order valence-corrected chi connectivity index (χ1v) is 6.77. The molecule has 0 saturated heterocycles. The van der Waals surface area contributed by atoms with Crippen LogP contribution in [0, 0.1) is 31.5 Å². The molecule has 3 heteroatoms. The normalized spacial score (nSPS) is 9.90.